The van der Waals surface area contributed by atoms with Gasteiger partial charge in [-0.1, -0.05) is 55.5 Å². The van der Waals surface area contributed by atoms with Crippen LogP contribution in [-0.4, -0.2) is 66.4 Å². The summed E-state index contributed by atoms with van der Waals surface area (Å²) < 4.78 is 11.2. The van der Waals surface area contributed by atoms with Crippen LogP contribution in [0, 0.1) is 11.3 Å². The summed E-state index contributed by atoms with van der Waals surface area (Å²) >= 11 is 0. The van der Waals surface area contributed by atoms with Gasteiger partial charge in [0.1, 0.15) is 12.6 Å². The Balaban J connectivity index is 1.26. The number of carboxylic acid groups (broad SMARTS) is 1. The highest BCUT2D eigenvalue weighted by molar-refractivity contribution is 5.89. The number of amides is 2. The predicted octanol–water partition coefficient (Wildman–Crippen LogP) is 3.25. The SMILES string of the molecule is CC1CCN(C(=O)C2(C)COCC2NC(=O)OCC2c3ccccc3-c3ccccc32)C1C(=O)O. The summed E-state index contributed by atoms with van der Waals surface area (Å²) in [5.74, 6) is -1.51. The number of nitrogens with one attached hydrogen (secondary N) is 1. The summed E-state index contributed by atoms with van der Waals surface area (Å²) in [7, 11) is 0. The van der Waals surface area contributed by atoms with Crippen LogP contribution in [-0.2, 0) is 19.1 Å². The maximum atomic E-state index is 13.5. The molecule has 0 aromatic heterocycles. The highest BCUT2D eigenvalue weighted by atomic mass is 16.5. The first-order valence-electron chi connectivity index (χ1n) is 12.0. The number of aliphatic carboxylic acids is 1. The zero-order chi connectivity index (χ0) is 24.7. The first kappa shape index (κ1) is 23.4. The van der Waals surface area contributed by atoms with Crippen LogP contribution in [0.1, 0.15) is 37.3 Å². The van der Waals surface area contributed by atoms with Gasteiger partial charge in [-0.25, -0.2) is 9.59 Å². The van der Waals surface area contributed by atoms with Crippen molar-refractivity contribution >= 4 is 18.0 Å². The van der Waals surface area contributed by atoms with Gasteiger partial charge in [-0.15, -0.1) is 0 Å². The molecule has 3 aliphatic rings. The van der Waals surface area contributed by atoms with Gasteiger partial charge in [0.05, 0.1) is 24.7 Å². The van der Waals surface area contributed by atoms with E-state index in [1.165, 1.54) is 4.90 Å². The molecule has 2 aromatic carbocycles. The number of fused-ring (bicyclic) bond motifs is 3. The number of carbonyl (C=O) groups is 3. The molecule has 8 heteroatoms. The lowest BCUT2D eigenvalue weighted by Crippen LogP contribution is -2.56. The van der Waals surface area contributed by atoms with E-state index >= 15 is 0 Å². The largest absolute Gasteiger partial charge is 0.480 e. The lowest BCUT2D eigenvalue weighted by molar-refractivity contribution is -0.154. The van der Waals surface area contributed by atoms with Crippen molar-refractivity contribution in [2.75, 3.05) is 26.4 Å². The average molecular weight is 479 g/mol. The van der Waals surface area contributed by atoms with Gasteiger partial charge in [-0.3, -0.25) is 4.79 Å². The minimum absolute atomic E-state index is 0.0663. The Morgan fingerprint density at radius 2 is 1.74 bits per heavy atom. The second kappa shape index (κ2) is 9.00. The van der Waals surface area contributed by atoms with E-state index in [9.17, 15) is 19.5 Å². The second-order valence-corrected chi connectivity index (χ2v) is 10.0. The third kappa shape index (κ3) is 3.95. The van der Waals surface area contributed by atoms with Crippen molar-refractivity contribution in [2.45, 2.75) is 38.3 Å². The topological polar surface area (TPSA) is 105 Å². The number of rotatable bonds is 5. The van der Waals surface area contributed by atoms with Gasteiger partial charge >= 0.3 is 12.1 Å². The van der Waals surface area contributed by atoms with E-state index in [0.29, 0.717) is 13.0 Å². The number of carbonyl (C=O) groups excluding carboxylic acids is 2. The molecule has 5 rings (SSSR count). The second-order valence-electron chi connectivity index (χ2n) is 10.0. The lowest BCUT2D eigenvalue weighted by atomic mass is 9.83. The van der Waals surface area contributed by atoms with Crippen molar-refractivity contribution in [3.8, 4) is 11.1 Å². The van der Waals surface area contributed by atoms with Crippen LogP contribution in [0.3, 0.4) is 0 Å². The zero-order valence-electron chi connectivity index (χ0n) is 19.9. The molecule has 2 N–H and O–H groups in total. The standard InChI is InChI=1S/C27H30N2O6/c1-16-11-12-29(23(16)24(30)31)25(32)27(2)15-34-14-22(27)28-26(33)35-13-21-19-9-5-3-7-17(19)18-8-4-6-10-20(18)21/h3-10,16,21-23H,11-15H2,1-2H3,(H,28,33)(H,30,31). The Kier molecular flexibility index (Phi) is 6.01. The fraction of sp³-hybridized carbons (Fsp3) is 0.444. The quantitative estimate of drug-likeness (QED) is 0.684. The molecule has 4 atom stereocenters. The fourth-order valence-electron chi connectivity index (χ4n) is 5.75. The maximum Gasteiger partial charge on any atom is 0.407 e. The number of likely N-dealkylation sites (tertiary alicyclic amines) is 1. The summed E-state index contributed by atoms with van der Waals surface area (Å²) in [4.78, 5) is 39.5. The van der Waals surface area contributed by atoms with Gasteiger partial charge in [0.25, 0.3) is 0 Å². The van der Waals surface area contributed by atoms with Crippen molar-refractivity contribution in [1.82, 2.24) is 10.2 Å². The Labute approximate surface area is 204 Å². The molecule has 8 nitrogen and oxygen atoms in total. The van der Waals surface area contributed by atoms with Gasteiger partial charge in [0, 0.05) is 12.5 Å². The van der Waals surface area contributed by atoms with Crippen LogP contribution in [0.4, 0.5) is 4.79 Å². The number of hydrogen-bond acceptors (Lipinski definition) is 5. The summed E-state index contributed by atoms with van der Waals surface area (Å²) in [5.41, 5.74) is 3.46. The molecule has 2 fully saturated rings. The fourth-order valence-corrected chi connectivity index (χ4v) is 5.75. The molecule has 0 radical (unpaired) electrons. The van der Waals surface area contributed by atoms with E-state index in [-0.39, 0.29) is 37.6 Å². The molecule has 2 heterocycles. The Morgan fingerprint density at radius 1 is 1.11 bits per heavy atom. The molecule has 2 amide bonds. The Bertz CT molecular complexity index is 1120. The monoisotopic (exact) mass is 478 g/mol. The van der Waals surface area contributed by atoms with Crippen molar-refractivity contribution in [1.29, 1.82) is 0 Å². The van der Waals surface area contributed by atoms with Crippen molar-refractivity contribution in [2.24, 2.45) is 11.3 Å². The van der Waals surface area contributed by atoms with Crippen LogP contribution >= 0.6 is 0 Å². The minimum Gasteiger partial charge on any atom is -0.480 e. The van der Waals surface area contributed by atoms with E-state index in [1.807, 2.05) is 31.2 Å². The van der Waals surface area contributed by atoms with E-state index < -0.39 is 29.6 Å². The summed E-state index contributed by atoms with van der Waals surface area (Å²) in [6.07, 6.45) is 0.00960. The molecule has 1 aliphatic carbocycles. The molecule has 2 aliphatic heterocycles. The molecule has 0 bridgehead atoms. The first-order valence-corrected chi connectivity index (χ1v) is 12.0. The van der Waals surface area contributed by atoms with Gasteiger partial charge in [0.15, 0.2) is 0 Å². The predicted molar refractivity (Wildman–Crippen MR) is 128 cm³/mol. The van der Waals surface area contributed by atoms with Crippen molar-refractivity contribution in [3.05, 3.63) is 59.7 Å². The van der Waals surface area contributed by atoms with Gasteiger partial charge in [0.2, 0.25) is 5.91 Å². The third-order valence-corrected chi connectivity index (χ3v) is 7.79. The van der Waals surface area contributed by atoms with E-state index in [1.54, 1.807) is 6.92 Å². The van der Waals surface area contributed by atoms with Crippen LogP contribution < -0.4 is 5.32 Å². The van der Waals surface area contributed by atoms with Gasteiger partial charge in [-0.05, 0) is 41.5 Å². The summed E-state index contributed by atoms with van der Waals surface area (Å²) in [6, 6.07) is 14.7. The molecule has 0 spiro atoms. The number of alkyl carbamates (subject to hydrolysis) is 1. The van der Waals surface area contributed by atoms with Crippen LogP contribution in [0.5, 0.6) is 0 Å². The maximum absolute atomic E-state index is 13.5. The van der Waals surface area contributed by atoms with Gasteiger partial charge in [-0.2, -0.15) is 0 Å². The van der Waals surface area contributed by atoms with Crippen molar-refractivity contribution in [3.63, 3.8) is 0 Å². The highest BCUT2D eigenvalue weighted by Crippen LogP contribution is 2.44. The van der Waals surface area contributed by atoms with E-state index in [2.05, 4.69) is 29.6 Å². The number of ether oxygens (including phenoxy) is 2. The molecule has 0 saturated carbocycles. The number of benzene rings is 2. The Hall–Kier alpha value is -3.39. The molecule has 2 saturated heterocycles. The zero-order valence-corrected chi connectivity index (χ0v) is 19.9. The highest BCUT2D eigenvalue weighted by Gasteiger charge is 2.52. The minimum atomic E-state index is -1.07. The van der Waals surface area contributed by atoms with Crippen LogP contribution in [0.25, 0.3) is 11.1 Å². The molecular weight excluding hydrogens is 448 g/mol. The van der Waals surface area contributed by atoms with Crippen LogP contribution in [0.2, 0.25) is 0 Å². The molecule has 184 valence electrons. The van der Waals surface area contributed by atoms with Crippen molar-refractivity contribution < 1.29 is 29.0 Å². The van der Waals surface area contributed by atoms with E-state index in [0.717, 1.165) is 22.3 Å². The smallest absolute Gasteiger partial charge is 0.407 e. The summed E-state index contributed by atoms with van der Waals surface area (Å²) in [6.45, 7) is 4.38. The van der Waals surface area contributed by atoms with Gasteiger partial charge < -0.3 is 24.8 Å². The molecule has 4 unspecified atom stereocenters. The lowest BCUT2D eigenvalue weighted by Gasteiger charge is -2.35. The Morgan fingerprint density at radius 3 is 2.37 bits per heavy atom. The summed E-state index contributed by atoms with van der Waals surface area (Å²) in [5, 5.41) is 12.5. The molecule has 2 aromatic rings. The average Bonchev–Trinajstić information content (AvgIpc) is 3.51. The van der Waals surface area contributed by atoms with E-state index in [4.69, 9.17) is 9.47 Å². The van der Waals surface area contributed by atoms with Crippen LogP contribution in [0.15, 0.2) is 48.5 Å². The molecular formula is C27H30N2O6. The first-order chi connectivity index (χ1) is 16.8. The number of nitrogens with zero attached hydrogens (tertiary/aromatic N) is 1. The molecule has 35 heavy (non-hydrogen) atoms. The third-order valence-electron chi connectivity index (χ3n) is 7.79. The normalized spacial score (nSPS) is 27.4. The number of hydrogen-bond donors (Lipinski definition) is 2. The number of carboxylic acids is 1.